The van der Waals surface area contributed by atoms with E-state index in [0.717, 1.165) is 16.8 Å². The SMILES string of the molecule is CCc1nn2c(nnc3c(=O)n(N(C)C)ccc32)c1-c1ccc(F)cc1. The lowest BCUT2D eigenvalue weighted by Gasteiger charge is -2.15. The second-order valence-corrected chi connectivity index (χ2v) is 6.16. The molecular formula is C18H17FN6O. The lowest BCUT2D eigenvalue weighted by molar-refractivity contribution is 0.628. The highest BCUT2D eigenvalue weighted by molar-refractivity contribution is 5.84. The largest absolute Gasteiger partial charge is 0.316 e. The summed E-state index contributed by atoms with van der Waals surface area (Å²) in [7, 11) is 3.55. The molecule has 0 aliphatic heterocycles. The van der Waals surface area contributed by atoms with E-state index in [4.69, 9.17) is 0 Å². The molecule has 0 atom stereocenters. The molecule has 26 heavy (non-hydrogen) atoms. The van der Waals surface area contributed by atoms with Crippen LogP contribution in [-0.4, -0.2) is 38.6 Å². The van der Waals surface area contributed by atoms with Gasteiger partial charge in [-0.1, -0.05) is 19.1 Å². The van der Waals surface area contributed by atoms with Crippen molar-refractivity contribution in [1.82, 2.24) is 24.5 Å². The van der Waals surface area contributed by atoms with Gasteiger partial charge in [0.25, 0.3) is 5.56 Å². The van der Waals surface area contributed by atoms with Crippen LogP contribution in [0.25, 0.3) is 27.8 Å². The molecule has 3 aromatic heterocycles. The number of aryl methyl sites for hydroxylation is 1. The fourth-order valence-electron chi connectivity index (χ4n) is 3.06. The third kappa shape index (κ3) is 2.33. The number of halogens is 1. The Hall–Kier alpha value is -3.29. The number of benzene rings is 1. The van der Waals surface area contributed by atoms with Gasteiger partial charge in [-0.05, 0) is 30.2 Å². The average molecular weight is 352 g/mol. The molecule has 0 amide bonds. The van der Waals surface area contributed by atoms with Crippen LogP contribution in [0.2, 0.25) is 0 Å². The van der Waals surface area contributed by atoms with Gasteiger partial charge < -0.3 is 5.01 Å². The van der Waals surface area contributed by atoms with Gasteiger partial charge in [-0.15, -0.1) is 10.2 Å². The molecule has 0 N–H and O–H groups in total. The molecule has 0 aliphatic carbocycles. The van der Waals surface area contributed by atoms with Crippen molar-refractivity contribution in [3.05, 3.63) is 58.4 Å². The Morgan fingerprint density at radius 2 is 1.85 bits per heavy atom. The van der Waals surface area contributed by atoms with Crippen molar-refractivity contribution in [2.75, 3.05) is 19.1 Å². The molecule has 0 radical (unpaired) electrons. The molecule has 0 spiro atoms. The van der Waals surface area contributed by atoms with Gasteiger partial charge in [-0.25, -0.2) is 13.6 Å². The maximum atomic E-state index is 13.3. The van der Waals surface area contributed by atoms with Crippen LogP contribution < -0.4 is 10.6 Å². The van der Waals surface area contributed by atoms with Crippen molar-refractivity contribution < 1.29 is 4.39 Å². The molecule has 4 rings (SSSR count). The lowest BCUT2D eigenvalue weighted by Crippen LogP contribution is -2.36. The minimum Gasteiger partial charge on any atom is -0.316 e. The van der Waals surface area contributed by atoms with Gasteiger partial charge in [0.2, 0.25) is 0 Å². The van der Waals surface area contributed by atoms with E-state index < -0.39 is 0 Å². The van der Waals surface area contributed by atoms with Gasteiger partial charge in [0.1, 0.15) is 11.3 Å². The van der Waals surface area contributed by atoms with Crippen molar-refractivity contribution in [3.63, 3.8) is 0 Å². The van der Waals surface area contributed by atoms with E-state index in [2.05, 4.69) is 15.3 Å². The highest BCUT2D eigenvalue weighted by atomic mass is 19.1. The van der Waals surface area contributed by atoms with Crippen molar-refractivity contribution >= 4 is 16.7 Å². The van der Waals surface area contributed by atoms with E-state index >= 15 is 0 Å². The molecule has 0 bridgehead atoms. The minimum atomic E-state index is -0.302. The van der Waals surface area contributed by atoms with Crippen molar-refractivity contribution in [3.8, 4) is 11.1 Å². The summed E-state index contributed by atoms with van der Waals surface area (Å²) >= 11 is 0. The van der Waals surface area contributed by atoms with E-state index in [0.29, 0.717) is 17.6 Å². The summed E-state index contributed by atoms with van der Waals surface area (Å²) in [5.74, 6) is -0.302. The molecule has 0 saturated heterocycles. The number of rotatable bonds is 3. The summed E-state index contributed by atoms with van der Waals surface area (Å²) in [5.41, 5.74) is 3.54. The molecule has 1 aromatic carbocycles. The summed E-state index contributed by atoms with van der Waals surface area (Å²) in [5, 5.41) is 14.7. The third-order valence-electron chi connectivity index (χ3n) is 4.33. The monoisotopic (exact) mass is 352 g/mol. The maximum Gasteiger partial charge on any atom is 0.298 e. The summed E-state index contributed by atoms with van der Waals surface area (Å²) in [4.78, 5) is 12.6. The van der Waals surface area contributed by atoms with Gasteiger partial charge in [0, 0.05) is 20.3 Å². The van der Waals surface area contributed by atoms with Crippen molar-refractivity contribution in [2.24, 2.45) is 0 Å². The van der Waals surface area contributed by atoms with Gasteiger partial charge in [0.15, 0.2) is 11.2 Å². The zero-order chi connectivity index (χ0) is 18.4. The number of nitrogens with zero attached hydrogens (tertiary/aromatic N) is 6. The van der Waals surface area contributed by atoms with Crippen LogP contribution in [0, 0.1) is 5.82 Å². The molecule has 132 valence electrons. The Balaban J connectivity index is 2.06. The Kier molecular flexibility index (Phi) is 3.68. The van der Waals surface area contributed by atoms with Crippen LogP contribution in [0.15, 0.2) is 41.3 Å². The second-order valence-electron chi connectivity index (χ2n) is 6.16. The lowest BCUT2D eigenvalue weighted by atomic mass is 10.0. The first-order valence-corrected chi connectivity index (χ1v) is 8.24. The molecule has 0 aliphatic rings. The quantitative estimate of drug-likeness (QED) is 0.564. The van der Waals surface area contributed by atoms with Crippen LogP contribution in [0.5, 0.6) is 0 Å². The molecule has 7 nitrogen and oxygen atoms in total. The molecule has 8 heteroatoms. The van der Waals surface area contributed by atoms with Gasteiger partial charge in [0.05, 0.1) is 11.3 Å². The van der Waals surface area contributed by atoms with Gasteiger partial charge in [-0.3, -0.25) is 4.79 Å². The van der Waals surface area contributed by atoms with Crippen LogP contribution >= 0.6 is 0 Å². The predicted octanol–water partition coefficient (Wildman–Crippen LogP) is 2.01. The number of pyridine rings is 1. The average Bonchev–Trinajstić information content (AvgIpc) is 3.01. The third-order valence-corrected chi connectivity index (χ3v) is 4.33. The fourth-order valence-corrected chi connectivity index (χ4v) is 3.06. The molecule has 0 unspecified atom stereocenters. The highest BCUT2D eigenvalue weighted by Crippen LogP contribution is 2.29. The Labute approximate surface area is 148 Å². The Morgan fingerprint density at radius 1 is 1.12 bits per heavy atom. The minimum absolute atomic E-state index is 0.240. The molecular weight excluding hydrogens is 335 g/mol. The van der Waals surface area contributed by atoms with Crippen LogP contribution in [0.4, 0.5) is 4.39 Å². The van der Waals surface area contributed by atoms with E-state index in [1.807, 2.05) is 6.92 Å². The van der Waals surface area contributed by atoms with E-state index in [-0.39, 0.29) is 16.9 Å². The first-order valence-electron chi connectivity index (χ1n) is 8.24. The fraction of sp³-hybridized carbons (Fsp3) is 0.222. The zero-order valence-electron chi connectivity index (χ0n) is 14.6. The van der Waals surface area contributed by atoms with Gasteiger partial charge in [-0.2, -0.15) is 5.10 Å². The number of hydrogen-bond acceptors (Lipinski definition) is 5. The first kappa shape index (κ1) is 16.2. The normalized spacial score (nSPS) is 11.4. The summed E-state index contributed by atoms with van der Waals surface area (Å²) < 4.78 is 16.4. The summed E-state index contributed by atoms with van der Waals surface area (Å²) in [6.07, 6.45) is 2.35. The van der Waals surface area contributed by atoms with Crippen LogP contribution in [-0.2, 0) is 6.42 Å². The molecule has 0 fully saturated rings. The number of hydrogen-bond donors (Lipinski definition) is 0. The summed E-state index contributed by atoms with van der Waals surface area (Å²) in [6.45, 7) is 1.99. The van der Waals surface area contributed by atoms with Gasteiger partial charge >= 0.3 is 0 Å². The Morgan fingerprint density at radius 3 is 2.50 bits per heavy atom. The topological polar surface area (TPSA) is 68.3 Å². The standard InChI is InChI=1S/C18H17FN6O/c1-4-13-15(11-5-7-12(19)8-6-11)17-21-20-16-14(25(17)22-13)9-10-24(18(16)26)23(2)3/h5-10H,4H2,1-3H3. The zero-order valence-corrected chi connectivity index (χ0v) is 14.6. The van der Waals surface area contributed by atoms with E-state index in [1.165, 1.54) is 16.8 Å². The Bertz CT molecular complexity index is 1180. The van der Waals surface area contributed by atoms with Crippen LogP contribution in [0.3, 0.4) is 0 Å². The first-order chi connectivity index (χ1) is 12.5. The van der Waals surface area contributed by atoms with E-state index in [1.54, 1.807) is 48.0 Å². The molecule has 0 saturated carbocycles. The molecule has 3 heterocycles. The highest BCUT2D eigenvalue weighted by Gasteiger charge is 2.19. The van der Waals surface area contributed by atoms with Crippen LogP contribution in [0.1, 0.15) is 12.6 Å². The molecule has 4 aromatic rings. The van der Waals surface area contributed by atoms with E-state index in [9.17, 15) is 9.18 Å². The predicted molar refractivity (Wildman–Crippen MR) is 97.4 cm³/mol. The maximum absolute atomic E-state index is 13.3. The number of aromatic nitrogens is 5. The summed E-state index contributed by atoms with van der Waals surface area (Å²) in [6, 6.07) is 7.99. The smallest absolute Gasteiger partial charge is 0.298 e. The van der Waals surface area contributed by atoms with Crippen molar-refractivity contribution in [1.29, 1.82) is 0 Å². The van der Waals surface area contributed by atoms with Crippen molar-refractivity contribution in [2.45, 2.75) is 13.3 Å². The second kappa shape index (κ2) is 5.91. The number of fused-ring (bicyclic) bond motifs is 3.